The number of likely N-dealkylation sites (tertiary alicyclic amines) is 1. The van der Waals surface area contributed by atoms with Crippen LogP contribution >= 0.6 is 12.4 Å². The smallest absolute Gasteiger partial charge is 0.124 e. The zero-order valence-corrected chi connectivity index (χ0v) is 12.1. The Morgan fingerprint density at radius 3 is 2.65 bits per heavy atom. The second-order valence-corrected chi connectivity index (χ2v) is 5.20. The van der Waals surface area contributed by atoms with E-state index in [1.54, 1.807) is 6.26 Å². The quantitative estimate of drug-likeness (QED) is 0.939. The maximum absolute atomic E-state index is 5.94. The predicted molar refractivity (Wildman–Crippen MR) is 80.8 cm³/mol. The van der Waals surface area contributed by atoms with E-state index in [1.807, 2.05) is 6.07 Å². The van der Waals surface area contributed by atoms with Crippen LogP contribution in [0.3, 0.4) is 0 Å². The van der Waals surface area contributed by atoms with Crippen LogP contribution < -0.4 is 5.73 Å². The second-order valence-electron chi connectivity index (χ2n) is 5.20. The SMILES string of the molecule is Cl.NC[C@@H]1CN(Cc2ccon2)C[C@H]1c1ccccc1. The summed E-state index contributed by atoms with van der Waals surface area (Å²) in [6.07, 6.45) is 1.63. The van der Waals surface area contributed by atoms with Gasteiger partial charge in [-0.15, -0.1) is 12.4 Å². The number of nitrogens with two attached hydrogens (primary N) is 1. The Balaban J connectivity index is 0.00000147. The maximum atomic E-state index is 5.94. The van der Waals surface area contributed by atoms with E-state index in [2.05, 4.69) is 40.4 Å². The summed E-state index contributed by atoms with van der Waals surface area (Å²) in [5.74, 6) is 1.05. The Kier molecular flexibility index (Phi) is 5.17. The molecule has 108 valence electrons. The molecule has 0 unspecified atom stereocenters. The molecule has 0 bridgehead atoms. The van der Waals surface area contributed by atoms with E-state index < -0.39 is 0 Å². The Labute approximate surface area is 125 Å². The molecule has 4 nitrogen and oxygen atoms in total. The van der Waals surface area contributed by atoms with Crippen LogP contribution in [0.2, 0.25) is 0 Å². The minimum Gasteiger partial charge on any atom is -0.364 e. The average Bonchev–Trinajstić information content (AvgIpc) is 3.09. The molecule has 2 aromatic rings. The third kappa shape index (κ3) is 3.20. The van der Waals surface area contributed by atoms with Gasteiger partial charge in [-0.1, -0.05) is 35.5 Å². The fourth-order valence-electron chi connectivity index (χ4n) is 2.95. The fraction of sp³-hybridized carbons (Fsp3) is 0.400. The van der Waals surface area contributed by atoms with Crippen molar-refractivity contribution in [2.24, 2.45) is 11.7 Å². The van der Waals surface area contributed by atoms with Crippen molar-refractivity contribution in [2.75, 3.05) is 19.6 Å². The number of rotatable bonds is 4. The van der Waals surface area contributed by atoms with Crippen LogP contribution in [0.25, 0.3) is 0 Å². The van der Waals surface area contributed by atoms with Gasteiger partial charge in [0.25, 0.3) is 0 Å². The van der Waals surface area contributed by atoms with Crippen LogP contribution in [0.15, 0.2) is 47.2 Å². The topological polar surface area (TPSA) is 55.3 Å². The number of nitrogens with zero attached hydrogens (tertiary/aromatic N) is 2. The van der Waals surface area contributed by atoms with E-state index in [4.69, 9.17) is 10.3 Å². The van der Waals surface area contributed by atoms with Crippen molar-refractivity contribution in [3.05, 3.63) is 53.9 Å². The summed E-state index contributed by atoms with van der Waals surface area (Å²) < 4.78 is 4.89. The third-order valence-corrected chi connectivity index (χ3v) is 3.92. The highest BCUT2D eigenvalue weighted by molar-refractivity contribution is 5.85. The molecule has 0 saturated carbocycles. The van der Waals surface area contributed by atoms with Crippen molar-refractivity contribution < 1.29 is 4.52 Å². The summed E-state index contributed by atoms with van der Waals surface area (Å²) in [4.78, 5) is 2.41. The Bertz CT molecular complexity index is 503. The van der Waals surface area contributed by atoms with Crippen LogP contribution in [0.4, 0.5) is 0 Å². The van der Waals surface area contributed by atoms with Gasteiger partial charge in [-0.2, -0.15) is 0 Å². The molecule has 2 heterocycles. The summed E-state index contributed by atoms with van der Waals surface area (Å²) >= 11 is 0. The molecular weight excluding hydrogens is 274 g/mol. The highest BCUT2D eigenvalue weighted by Crippen LogP contribution is 2.32. The third-order valence-electron chi connectivity index (χ3n) is 3.92. The standard InChI is InChI=1S/C15H19N3O.ClH/c16-8-13-9-18(10-14-6-7-19-17-14)11-15(13)12-4-2-1-3-5-12;/h1-7,13,15H,8-11,16H2;1H/t13-,15+;/m1./s1. The van der Waals surface area contributed by atoms with Gasteiger partial charge in [0.15, 0.2) is 0 Å². The van der Waals surface area contributed by atoms with Gasteiger partial charge in [-0.05, 0) is 18.0 Å². The molecule has 0 spiro atoms. The van der Waals surface area contributed by atoms with Crippen molar-refractivity contribution in [2.45, 2.75) is 12.5 Å². The number of halogens is 1. The Morgan fingerprint density at radius 1 is 1.20 bits per heavy atom. The lowest BCUT2D eigenvalue weighted by atomic mass is 9.89. The molecule has 1 aromatic carbocycles. The molecular formula is C15H20ClN3O. The molecule has 20 heavy (non-hydrogen) atoms. The van der Waals surface area contributed by atoms with Crippen LogP contribution in [0, 0.1) is 5.92 Å². The maximum Gasteiger partial charge on any atom is 0.124 e. The monoisotopic (exact) mass is 293 g/mol. The first kappa shape index (κ1) is 15.0. The van der Waals surface area contributed by atoms with Crippen molar-refractivity contribution in [1.29, 1.82) is 0 Å². The molecule has 1 aliphatic rings. The van der Waals surface area contributed by atoms with Crippen molar-refractivity contribution in [1.82, 2.24) is 10.1 Å². The number of hydrogen-bond acceptors (Lipinski definition) is 4. The van der Waals surface area contributed by atoms with Gasteiger partial charge >= 0.3 is 0 Å². The molecule has 1 aliphatic heterocycles. The highest BCUT2D eigenvalue weighted by atomic mass is 35.5. The van der Waals surface area contributed by atoms with E-state index in [0.29, 0.717) is 11.8 Å². The lowest BCUT2D eigenvalue weighted by Gasteiger charge is -2.16. The van der Waals surface area contributed by atoms with E-state index in [1.165, 1.54) is 5.56 Å². The molecule has 1 aromatic heterocycles. The first-order chi connectivity index (χ1) is 9.36. The van der Waals surface area contributed by atoms with Crippen LogP contribution in [-0.4, -0.2) is 29.7 Å². The number of benzene rings is 1. The first-order valence-electron chi connectivity index (χ1n) is 6.73. The molecule has 3 rings (SSSR count). The van der Waals surface area contributed by atoms with Crippen molar-refractivity contribution in [3.63, 3.8) is 0 Å². The van der Waals surface area contributed by atoms with Crippen molar-refractivity contribution >= 4 is 12.4 Å². The fourth-order valence-corrected chi connectivity index (χ4v) is 2.95. The van der Waals surface area contributed by atoms with Gasteiger partial charge in [0.1, 0.15) is 6.26 Å². The summed E-state index contributed by atoms with van der Waals surface area (Å²) in [5.41, 5.74) is 8.32. The molecule has 1 fully saturated rings. The second kappa shape index (κ2) is 6.88. The van der Waals surface area contributed by atoms with E-state index >= 15 is 0 Å². The zero-order chi connectivity index (χ0) is 13.1. The molecule has 5 heteroatoms. The first-order valence-corrected chi connectivity index (χ1v) is 6.73. The van der Waals surface area contributed by atoms with E-state index in [9.17, 15) is 0 Å². The molecule has 1 saturated heterocycles. The largest absolute Gasteiger partial charge is 0.364 e. The summed E-state index contributed by atoms with van der Waals surface area (Å²) in [7, 11) is 0. The summed E-state index contributed by atoms with van der Waals surface area (Å²) in [5, 5.41) is 3.98. The Morgan fingerprint density at radius 2 is 2.00 bits per heavy atom. The van der Waals surface area contributed by atoms with E-state index in [-0.39, 0.29) is 12.4 Å². The Hall–Kier alpha value is -1.36. The van der Waals surface area contributed by atoms with Crippen LogP contribution in [0.5, 0.6) is 0 Å². The highest BCUT2D eigenvalue weighted by Gasteiger charge is 2.32. The number of aromatic nitrogens is 1. The van der Waals surface area contributed by atoms with Gasteiger partial charge in [0.05, 0.1) is 5.69 Å². The van der Waals surface area contributed by atoms with Crippen LogP contribution in [-0.2, 0) is 6.54 Å². The molecule has 0 radical (unpaired) electrons. The van der Waals surface area contributed by atoms with E-state index in [0.717, 1.165) is 31.9 Å². The average molecular weight is 294 g/mol. The van der Waals surface area contributed by atoms with Gasteiger partial charge in [-0.3, -0.25) is 4.90 Å². The van der Waals surface area contributed by atoms with Crippen LogP contribution in [0.1, 0.15) is 17.2 Å². The predicted octanol–water partition coefficient (Wildman–Crippen LogP) is 2.27. The number of hydrogen-bond donors (Lipinski definition) is 1. The molecule has 2 atom stereocenters. The van der Waals surface area contributed by atoms with Gasteiger partial charge in [-0.25, -0.2) is 0 Å². The lowest BCUT2D eigenvalue weighted by molar-refractivity contribution is 0.302. The molecule has 0 amide bonds. The summed E-state index contributed by atoms with van der Waals surface area (Å²) in [6, 6.07) is 12.6. The summed E-state index contributed by atoms with van der Waals surface area (Å²) in [6.45, 7) is 3.65. The zero-order valence-electron chi connectivity index (χ0n) is 11.3. The lowest BCUT2D eigenvalue weighted by Crippen LogP contribution is -2.23. The van der Waals surface area contributed by atoms with Crippen molar-refractivity contribution in [3.8, 4) is 0 Å². The van der Waals surface area contributed by atoms with Gasteiger partial charge in [0, 0.05) is 31.6 Å². The minimum atomic E-state index is 0. The molecule has 2 N–H and O–H groups in total. The van der Waals surface area contributed by atoms with Gasteiger partial charge < -0.3 is 10.3 Å². The molecule has 0 aliphatic carbocycles. The normalized spacial score (nSPS) is 22.6. The minimum absolute atomic E-state index is 0. The van der Waals surface area contributed by atoms with Gasteiger partial charge in [0.2, 0.25) is 0 Å².